The summed E-state index contributed by atoms with van der Waals surface area (Å²) < 4.78 is 16.7. The molecule has 0 aliphatic carbocycles. The Morgan fingerprint density at radius 3 is 2.81 bits per heavy atom. The van der Waals surface area contributed by atoms with Crippen molar-refractivity contribution >= 4 is 5.69 Å². The van der Waals surface area contributed by atoms with E-state index in [0.29, 0.717) is 0 Å². The van der Waals surface area contributed by atoms with Crippen molar-refractivity contribution in [1.29, 1.82) is 0 Å². The van der Waals surface area contributed by atoms with Gasteiger partial charge in [0.2, 0.25) is 0 Å². The lowest BCUT2D eigenvalue weighted by atomic mass is 10.0. The number of hydrogen-bond acceptors (Lipinski definition) is 4. The van der Waals surface area contributed by atoms with E-state index in [9.17, 15) is 0 Å². The molecule has 2 aromatic carbocycles. The van der Waals surface area contributed by atoms with Crippen molar-refractivity contribution in [2.45, 2.75) is 12.5 Å². The van der Waals surface area contributed by atoms with Crippen molar-refractivity contribution in [3.63, 3.8) is 0 Å². The van der Waals surface area contributed by atoms with Gasteiger partial charge >= 0.3 is 0 Å². The number of nitrogens with one attached hydrogen (secondary N) is 1. The van der Waals surface area contributed by atoms with Crippen molar-refractivity contribution in [3.05, 3.63) is 48.0 Å². The summed E-state index contributed by atoms with van der Waals surface area (Å²) in [6, 6.07) is 13.9. The number of hydrogen-bond donors (Lipinski definition) is 1. The minimum Gasteiger partial charge on any atom is -0.497 e. The van der Waals surface area contributed by atoms with Crippen LogP contribution in [0.25, 0.3) is 0 Å². The molecule has 110 valence electrons. The molecule has 21 heavy (non-hydrogen) atoms. The molecule has 1 unspecified atom stereocenters. The summed E-state index contributed by atoms with van der Waals surface area (Å²) in [5.41, 5.74) is 2.17. The number of anilines is 1. The van der Waals surface area contributed by atoms with E-state index in [1.165, 1.54) is 0 Å². The highest BCUT2D eigenvalue weighted by Gasteiger charge is 2.20. The zero-order chi connectivity index (χ0) is 14.7. The van der Waals surface area contributed by atoms with E-state index in [4.69, 9.17) is 14.2 Å². The van der Waals surface area contributed by atoms with Crippen LogP contribution in [-0.2, 0) is 6.42 Å². The first-order valence-electron chi connectivity index (χ1n) is 7.00. The van der Waals surface area contributed by atoms with Crippen LogP contribution in [0.5, 0.6) is 17.2 Å². The van der Waals surface area contributed by atoms with E-state index in [0.717, 1.165) is 41.5 Å². The monoisotopic (exact) mass is 285 g/mol. The van der Waals surface area contributed by atoms with Crippen LogP contribution in [0.15, 0.2) is 42.5 Å². The molecule has 0 bridgehead atoms. The molecule has 0 fully saturated rings. The minimum atomic E-state index is 0.0854. The van der Waals surface area contributed by atoms with Gasteiger partial charge in [0.25, 0.3) is 0 Å². The highest BCUT2D eigenvalue weighted by atomic mass is 16.5. The first kappa shape index (κ1) is 13.6. The molecule has 1 aliphatic rings. The number of para-hydroxylation sites is 2. The second kappa shape index (κ2) is 5.95. The van der Waals surface area contributed by atoms with E-state index in [1.807, 2.05) is 42.5 Å². The van der Waals surface area contributed by atoms with Crippen molar-refractivity contribution in [3.8, 4) is 17.2 Å². The number of methoxy groups -OCH3 is 2. The van der Waals surface area contributed by atoms with Crippen molar-refractivity contribution in [2.24, 2.45) is 0 Å². The Hall–Kier alpha value is -2.36. The van der Waals surface area contributed by atoms with E-state index >= 15 is 0 Å². The van der Waals surface area contributed by atoms with Gasteiger partial charge in [0.1, 0.15) is 23.4 Å². The molecule has 2 aromatic rings. The van der Waals surface area contributed by atoms with E-state index in [1.54, 1.807) is 14.2 Å². The summed E-state index contributed by atoms with van der Waals surface area (Å²) in [4.78, 5) is 0. The van der Waals surface area contributed by atoms with Gasteiger partial charge in [-0.1, -0.05) is 18.2 Å². The summed E-state index contributed by atoms with van der Waals surface area (Å²) in [6.07, 6.45) is 0.872. The maximum absolute atomic E-state index is 6.04. The summed E-state index contributed by atoms with van der Waals surface area (Å²) in [6.45, 7) is 0.784. The molecule has 4 heteroatoms. The third-order valence-electron chi connectivity index (χ3n) is 3.64. The normalized spacial score (nSPS) is 16.4. The average molecular weight is 285 g/mol. The Morgan fingerprint density at radius 1 is 1.14 bits per heavy atom. The lowest BCUT2D eigenvalue weighted by Gasteiger charge is -2.27. The van der Waals surface area contributed by atoms with Crippen LogP contribution < -0.4 is 19.5 Å². The third-order valence-corrected chi connectivity index (χ3v) is 3.64. The van der Waals surface area contributed by atoms with E-state index in [-0.39, 0.29) is 6.10 Å². The summed E-state index contributed by atoms with van der Waals surface area (Å²) >= 11 is 0. The van der Waals surface area contributed by atoms with Crippen LogP contribution in [0.4, 0.5) is 5.69 Å². The van der Waals surface area contributed by atoms with E-state index in [2.05, 4.69) is 5.32 Å². The second-order valence-corrected chi connectivity index (χ2v) is 5.00. The Bertz CT molecular complexity index is 627. The molecule has 1 atom stereocenters. The standard InChI is InChI=1S/C17H19NO3/c1-19-13-8-7-12(17(10-13)20-2)9-14-11-18-15-5-3-4-6-16(15)21-14/h3-8,10,14,18H,9,11H2,1-2H3. The van der Waals surface area contributed by atoms with Gasteiger partial charge in [-0.05, 0) is 23.8 Å². The molecular weight excluding hydrogens is 266 g/mol. The Morgan fingerprint density at radius 2 is 2.00 bits per heavy atom. The molecule has 0 saturated carbocycles. The van der Waals surface area contributed by atoms with Crippen LogP contribution in [0.1, 0.15) is 5.56 Å². The number of ether oxygens (including phenoxy) is 3. The summed E-state index contributed by atoms with van der Waals surface area (Å²) in [5.74, 6) is 2.53. The Balaban J connectivity index is 1.76. The Labute approximate surface area is 124 Å². The fraction of sp³-hybridized carbons (Fsp3) is 0.294. The summed E-state index contributed by atoms with van der Waals surface area (Å²) in [5, 5.41) is 3.40. The topological polar surface area (TPSA) is 39.7 Å². The molecule has 3 rings (SSSR count). The van der Waals surface area contributed by atoms with Gasteiger partial charge in [-0.15, -0.1) is 0 Å². The highest BCUT2D eigenvalue weighted by Crippen LogP contribution is 2.31. The first-order chi connectivity index (χ1) is 10.3. The van der Waals surface area contributed by atoms with Gasteiger partial charge in [-0.2, -0.15) is 0 Å². The van der Waals surface area contributed by atoms with Crippen molar-refractivity contribution in [2.75, 3.05) is 26.1 Å². The lowest BCUT2D eigenvalue weighted by Crippen LogP contribution is -2.32. The Kier molecular flexibility index (Phi) is 3.86. The number of fused-ring (bicyclic) bond motifs is 1. The molecule has 0 aromatic heterocycles. The minimum absolute atomic E-state index is 0.0854. The van der Waals surface area contributed by atoms with Crippen LogP contribution in [-0.4, -0.2) is 26.9 Å². The smallest absolute Gasteiger partial charge is 0.142 e. The molecule has 1 heterocycles. The fourth-order valence-electron chi connectivity index (χ4n) is 2.54. The van der Waals surface area contributed by atoms with Crippen LogP contribution in [0.3, 0.4) is 0 Å². The maximum Gasteiger partial charge on any atom is 0.142 e. The van der Waals surface area contributed by atoms with Gasteiger partial charge < -0.3 is 19.5 Å². The number of rotatable bonds is 4. The van der Waals surface area contributed by atoms with Gasteiger partial charge in [0, 0.05) is 12.5 Å². The van der Waals surface area contributed by atoms with Crippen LogP contribution >= 0.6 is 0 Å². The van der Waals surface area contributed by atoms with Gasteiger partial charge in [0.15, 0.2) is 0 Å². The third kappa shape index (κ3) is 2.89. The SMILES string of the molecule is COc1ccc(CC2CNc3ccccc3O2)c(OC)c1. The molecule has 0 saturated heterocycles. The predicted octanol–water partition coefficient (Wildman–Crippen LogP) is 3.12. The molecular formula is C17H19NO3. The zero-order valence-electron chi connectivity index (χ0n) is 12.3. The second-order valence-electron chi connectivity index (χ2n) is 5.00. The molecule has 1 aliphatic heterocycles. The van der Waals surface area contributed by atoms with Crippen molar-refractivity contribution in [1.82, 2.24) is 0 Å². The average Bonchev–Trinajstić information content (AvgIpc) is 2.55. The molecule has 0 radical (unpaired) electrons. The first-order valence-corrected chi connectivity index (χ1v) is 7.00. The molecule has 0 spiro atoms. The van der Waals surface area contributed by atoms with Gasteiger partial charge in [-0.25, -0.2) is 0 Å². The maximum atomic E-state index is 6.04. The highest BCUT2D eigenvalue weighted by molar-refractivity contribution is 5.57. The number of benzene rings is 2. The van der Waals surface area contributed by atoms with Gasteiger partial charge in [0.05, 0.1) is 26.5 Å². The van der Waals surface area contributed by atoms with Crippen molar-refractivity contribution < 1.29 is 14.2 Å². The molecule has 4 nitrogen and oxygen atoms in total. The van der Waals surface area contributed by atoms with E-state index < -0.39 is 0 Å². The zero-order valence-corrected chi connectivity index (χ0v) is 12.3. The predicted molar refractivity (Wildman–Crippen MR) is 82.6 cm³/mol. The fourth-order valence-corrected chi connectivity index (χ4v) is 2.54. The lowest BCUT2D eigenvalue weighted by molar-refractivity contribution is 0.205. The summed E-state index contributed by atoms with van der Waals surface area (Å²) in [7, 11) is 3.33. The molecule has 1 N–H and O–H groups in total. The largest absolute Gasteiger partial charge is 0.497 e. The van der Waals surface area contributed by atoms with Crippen LogP contribution in [0.2, 0.25) is 0 Å². The molecule has 0 amide bonds. The quantitative estimate of drug-likeness (QED) is 0.937. The van der Waals surface area contributed by atoms with Gasteiger partial charge in [-0.3, -0.25) is 0 Å². The van der Waals surface area contributed by atoms with Crippen LogP contribution in [0, 0.1) is 0 Å².